The predicted molar refractivity (Wildman–Crippen MR) is 92.5 cm³/mol. The van der Waals surface area contributed by atoms with Crippen molar-refractivity contribution in [1.82, 2.24) is 0 Å². The fourth-order valence-corrected chi connectivity index (χ4v) is 4.39. The van der Waals surface area contributed by atoms with Gasteiger partial charge in [0.2, 0.25) is 5.60 Å². The van der Waals surface area contributed by atoms with Gasteiger partial charge in [0.25, 0.3) is 5.91 Å². The summed E-state index contributed by atoms with van der Waals surface area (Å²) in [6.07, 6.45) is -5.27. The molecule has 1 atom stereocenters. The first kappa shape index (κ1) is 20.9. The van der Waals surface area contributed by atoms with E-state index >= 15 is 0 Å². The summed E-state index contributed by atoms with van der Waals surface area (Å²) in [5.74, 6) is -4.35. The molecule has 1 amide bonds. The summed E-state index contributed by atoms with van der Waals surface area (Å²) < 4.78 is 77.8. The molecule has 29 heavy (non-hydrogen) atoms. The number of sulfone groups is 1. The number of halogens is 4. The number of aliphatic hydroxyl groups is 1. The Bertz CT molecular complexity index is 1140. The number of benzene rings is 2. The van der Waals surface area contributed by atoms with E-state index < -0.39 is 49.8 Å². The Morgan fingerprint density at radius 2 is 1.79 bits per heavy atom. The Morgan fingerprint density at radius 1 is 1.14 bits per heavy atom. The zero-order valence-electron chi connectivity index (χ0n) is 14.7. The number of nitrogens with one attached hydrogen (secondary N) is 1. The topological polar surface area (TPSA) is 101 Å². The lowest BCUT2D eigenvalue weighted by molar-refractivity contribution is -0.242. The fraction of sp³-hybridized carbons (Fsp3) is 0.222. The van der Waals surface area contributed by atoms with Gasteiger partial charge in [-0.15, -0.1) is 0 Å². The van der Waals surface area contributed by atoms with E-state index in [2.05, 4.69) is 0 Å². The fourth-order valence-electron chi connectivity index (χ4n) is 2.76. The molecule has 11 heteroatoms. The summed E-state index contributed by atoms with van der Waals surface area (Å²) in [5.41, 5.74) is -4.90. The van der Waals surface area contributed by atoms with Crippen molar-refractivity contribution < 1.29 is 40.7 Å². The van der Waals surface area contributed by atoms with E-state index in [1.807, 2.05) is 0 Å². The summed E-state index contributed by atoms with van der Waals surface area (Å²) in [5, 5.41) is 11.2. The summed E-state index contributed by atoms with van der Waals surface area (Å²) in [4.78, 5) is 23.9. The summed E-state index contributed by atoms with van der Waals surface area (Å²) in [7, 11) is -4.27. The third-order valence-electron chi connectivity index (χ3n) is 4.51. The van der Waals surface area contributed by atoms with Gasteiger partial charge in [0, 0.05) is 22.4 Å². The van der Waals surface area contributed by atoms with Crippen LogP contribution in [0.5, 0.6) is 0 Å². The molecule has 1 aliphatic heterocycles. The molecule has 0 aliphatic carbocycles. The van der Waals surface area contributed by atoms with Gasteiger partial charge in [-0.3, -0.25) is 9.59 Å². The molecule has 0 radical (unpaired) electrons. The number of ketones is 1. The lowest BCUT2D eigenvalue weighted by atomic mass is 9.98. The molecule has 1 heterocycles. The van der Waals surface area contributed by atoms with E-state index in [0.29, 0.717) is 0 Å². The highest BCUT2D eigenvalue weighted by molar-refractivity contribution is 7.90. The van der Waals surface area contributed by atoms with Crippen LogP contribution in [-0.2, 0) is 20.4 Å². The Labute approximate surface area is 162 Å². The molecule has 3 rings (SSSR count). The normalized spacial score (nSPS) is 17.5. The Morgan fingerprint density at radius 3 is 2.41 bits per heavy atom. The molecule has 0 aromatic heterocycles. The highest BCUT2D eigenvalue weighted by atomic mass is 32.2. The van der Waals surface area contributed by atoms with Gasteiger partial charge in [-0.25, -0.2) is 12.8 Å². The number of hydrogen-bond donors (Lipinski definition) is 2. The zero-order chi connectivity index (χ0) is 21.8. The van der Waals surface area contributed by atoms with Crippen LogP contribution in [0.3, 0.4) is 0 Å². The second-order valence-corrected chi connectivity index (χ2v) is 8.55. The molecule has 2 aromatic rings. The first-order chi connectivity index (χ1) is 13.3. The van der Waals surface area contributed by atoms with E-state index in [-0.39, 0.29) is 29.3 Å². The molecule has 0 bridgehead atoms. The SMILES string of the molecule is CC(O)(C(=O)Nc1ccc2c(c1)S(=O)(=O)Cc1c(F)cccc1C2=O)C(F)(F)F. The quantitative estimate of drug-likeness (QED) is 0.712. The summed E-state index contributed by atoms with van der Waals surface area (Å²) >= 11 is 0. The lowest BCUT2D eigenvalue weighted by Crippen LogP contribution is -2.52. The maximum absolute atomic E-state index is 14.1. The van der Waals surface area contributed by atoms with Crippen molar-refractivity contribution in [2.75, 3.05) is 5.32 Å². The van der Waals surface area contributed by atoms with Crippen LogP contribution in [-0.4, -0.2) is 37.0 Å². The zero-order valence-corrected chi connectivity index (χ0v) is 15.5. The van der Waals surface area contributed by atoms with Gasteiger partial charge < -0.3 is 10.4 Å². The van der Waals surface area contributed by atoms with Crippen LogP contribution in [0.2, 0.25) is 0 Å². The molecule has 1 unspecified atom stereocenters. The van der Waals surface area contributed by atoms with Crippen molar-refractivity contribution in [1.29, 1.82) is 0 Å². The van der Waals surface area contributed by atoms with Gasteiger partial charge in [0.15, 0.2) is 15.6 Å². The second kappa shape index (κ2) is 6.63. The van der Waals surface area contributed by atoms with Gasteiger partial charge in [0.05, 0.1) is 10.6 Å². The maximum Gasteiger partial charge on any atom is 0.426 e. The molecule has 0 fully saturated rings. The number of carbonyl (C=O) groups excluding carboxylic acids is 2. The Balaban J connectivity index is 2.07. The molecule has 0 saturated carbocycles. The average Bonchev–Trinajstić information content (AvgIpc) is 2.69. The highest BCUT2D eigenvalue weighted by Crippen LogP contribution is 2.34. The third-order valence-corrected chi connectivity index (χ3v) is 6.19. The van der Waals surface area contributed by atoms with Crippen molar-refractivity contribution in [2.24, 2.45) is 0 Å². The first-order valence-electron chi connectivity index (χ1n) is 8.05. The molecular formula is C18H13F4NO5S. The predicted octanol–water partition coefficient (Wildman–Crippen LogP) is 2.60. The minimum Gasteiger partial charge on any atom is -0.373 e. The summed E-state index contributed by atoms with van der Waals surface area (Å²) in [6, 6.07) is 6.34. The van der Waals surface area contributed by atoms with E-state index in [4.69, 9.17) is 0 Å². The van der Waals surface area contributed by atoms with Crippen molar-refractivity contribution in [3.63, 3.8) is 0 Å². The van der Waals surface area contributed by atoms with E-state index in [1.54, 1.807) is 5.32 Å². The molecule has 0 spiro atoms. The maximum atomic E-state index is 14.1. The standard InChI is InChI=1S/C18H13F4NO5S/c1-17(26,18(20,21)22)16(25)23-9-5-6-11-14(7-9)29(27,28)8-12-10(15(11)24)3-2-4-13(12)19/h2-7,26H,8H2,1H3,(H,23,25). The lowest BCUT2D eigenvalue weighted by Gasteiger charge is -2.25. The highest BCUT2D eigenvalue weighted by Gasteiger charge is 2.55. The molecule has 2 aromatic carbocycles. The van der Waals surface area contributed by atoms with Crippen LogP contribution in [0.4, 0.5) is 23.2 Å². The second-order valence-electron chi connectivity index (χ2n) is 6.59. The molecule has 2 N–H and O–H groups in total. The number of hydrogen-bond acceptors (Lipinski definition) is 5. The molecule has 154 valence electrons. The van der Waals surface area contributed by atoms with Crippen molar-refractivity contribution in [2.45, 2.75) is 29.3 Å². The average molecular weight is 431 g/mol. The number of rotatable bonds is 2. The van der Waals surface area contributed by atoms with Gasteiger partial charge in [-0.1, -0.05) is 12.1 Å². The number of carbonyl (C=O) groups is 2. The molecule has 6 nitrogen and oxygen atoms in total. The van der Waals surface area contributed by atoms with Crippen LogP contribution in [0.1, 0.15) is 28.4 Å². The van der Waals surface area contributed by atoms with Crippen LogP contribution >= 0.6 is 0 Å². The summed E-state index contributed by atoms with van der Waals surface area (Å²) in [6.45, 7) is 0.242. The van der Waals surface area contributed by atoms with Crippen LogP contribution in [0.15, 0.2) is 41.3 Å². The van der Waals surface area contributed by atoms with Crippen molar-refractivity contribution in [3.05, 3.63) is 58.9 Å². The van der Waals surface area contributed by atoms with Crippen LogP contribution < -0.4 is 5.32 Å². The van der Waals surface area contributed by atoms with E-state index in [0.717, 1.165) is 24.3 Å². The van der Waals surface area contributed by atoms with Crippen molar-refractivity contribution >= 4 is 27.2 Å². The Hall–Kier alpha value is -2.79. The minimum absolute atomic E-state index is 0.149. The van der Waals surface area contributed by atoms with Gasteiger partial charge in [-0.05, 0) is 31.2 Å². The largest absolute Gasteiger partial charge is 0.426 e. The molecular weight excluding hydrogens is 418 g/mol. The van der Waals surface area contributed by atoms with Crippen LogP contribution in [0, 0.1) is 5.82 Å². The minimum atomic E-state index is -5.27. The van der Waals surface area contributed by atoms with Gasteiger partial charge in [0.1, 0.15) is 5.82 Å². The van der Waals surface area contributed by atoms with E-state index in [1.165, 1.54) is 12.1 Å². The third kappa shape index (κ3) is 3.51. The van der Waals surface area contributed by atoms with Crippen LogP contribution in [0.25, 0.3) is 0 Å². The van der Waals surface area contributed by atoms with Gasteiger partial charge >= 0.3 is 6.18 Å². The molecule has 1 aliphatic rings. The van der Waals surface area contributed by atoms with Gasteiger partial charge in [-0.2, -0.15) is 13.2 Å². The number of alkyl halides is 3. The molecule has 0 saturated heterocycles. The monoisotopic (exact) mass is 431 g/mol. The first-order valence-corrected chi connectivity index (χ1v) is 9.70. The Kier molecular flexibility index (Phi) is 4.79. The smallest absolute Gasteiger partial charge is 0.373 e. The van der Waals surface area contributed by atoms with Crippen molar-refractivity contribution in [3.8, 4) is 0 Å². The number of fused-ring (bicyclic) bond motifs is 2. The number of amides is 1. The van der Waals surface area contributed by atoms with E-state index in [9.17, 15) is 40.7 Å². The number of anilines is 1.